The highest BCUT2D eigenvalue weighted by Gasteiger charge is 2.18. The van der Waals surface area contributed by atoms with E-state index in [1.54, 1.807) is 12.1 Å². The van der Waals surface area contributed by atoms with E-state index in [0.717, 1.165) is 5.56 Å². The molecule has 1 unspecified atom stereocenters. The van der Waals surface area contributed by atoms with Gasteiger partial charge in [-0.15, -0.1) is 0 Å². The molecule has 5 nitrogen and oxygen atoms in total. The summed E-state index contributed by atoms with van der Waals surface area (Å²) in [6.45, 7) is 2.23. The quantitative estimate of drug-likeness (QED) is 0.821. The topological polar surface area (TPSA) is 79.2 Å². The van der Waals surface area contributed by atoms with Crippen molar-refractivity contribution in [3.05, 3.63) is 29.8 Å². The van der Waals surface area contributed by atoms with Crippen LogP contribution >= 0.6 is 0 Å². The molecule has 104 valence electrons. The van der Waals surface area contributed by atoms with Crippen molar-refractivity contribution in [3.8, 4) is 6.07 Å². The number of methoxy groups -OCH3 is 1. The Morgan fingerprint density at radius 2 is 2.00 bits per heavy atom. The van der Waals surface area contributed by atoms with Crippen LogP contribution in [0.1, 0.15) is 18.9 Å². The molecule has 6 heteroatoms. The summed E-state index contributed by atoms with van der Waals surface area (Å²) in [6.07, 6.45) is 0.925. The van der Waals surface area contributed by atoms with E-state index in [9.17, 15) is 8.42 Å². The Balaban J connectivity index is 2.85. The third kappa shape index (κ3) is 4.63. The van der Waals surface area contributed by atoms with Crippen LogP contribution in [-0.4, -0.2) is 28.2 Å². The van der Waals surface area contributed by atoms with Gasteiger partial charge < -0.3 is 4.74 Å². The van der Waals surface area contributed by atoms with Crippen molar-refractivity contribution in [2.45, 2.75) is 30.7 Å². The monoisotopic (exact) mass is 282 g/mol. The zero-order valence-corrected chi connectivity index (χ0v) is 11.9. The van der Waals surface area contributed by atoms with Crippen LogP contribution in [0.5, 0.6) is 0 Å². The number of hydrogen-bond acceptors (Lipinski definition) is 4. The molecule has 0 spiro atoms. The Hall–Kier alpha value is -1.42. The van der Waals surface area contributed by atoms with Crippen LogP contribution < -0.4 is 4.72 Å². The van der Waals surface area contributed by atoms with E-state index in [-0.39, 0.29) is 17.4 Å². The molecule has 0 saturated heterocycles. The van der Waals surface area contributed by atoms with Crippen LogP contribution in [0, 0.1) is 11.3 Å². The summed E-state index contributed by atoms with van der Waals surface area (Å²) in [7, 11) is -2.00. The molecule has 0 heterocycles. The fraction of sp³-hybridized carbons (Fsp3) is 0.462. The maximum atomic E-state index is 12.1. The predicted molar refractivity (Wildman–Crippen MR) is 72.0 cm³/mol. The van der Waals surface area contributed by atoms with Crippen molar-refractivity contribution < 1.29 is 13.2 Å². The summed E-state index contributed by atoms with van der Waals surface area (Å²) in [6, 6.07) is 8.09. The molecule has 1 aromatic rings. The molecule has 0 saturated carbocycles. The first-order valence-electron chi connectivity index (χ1n) is 6.00. The fourth-order valence-corrected chi connectivity index (χ4v) is 2.91. The van der Waals surface area contributed by atoms with Crippen molar-refractivity contribution in [2.75, 3.05) is 13.7 Å². The summed E-state index contributed by atoms with van der Waals surface area (Å²) in [4.78, 5) is 0.198. The minimum atomic E-state index is -3.54. The number of ether oxygens (including phenoxy) is 1. The molecule has 0 aliphatic carbocycles. The Kier molecular flexibility index (Phi) is 5.96. The average Bonchev–Trinajstić information content (AvgIpc) is 2.39. The molecule has 1 atom stereocenters. The highest BCUT2D eigenvalue weighted by Crippen LogP contribution is 2.12. The minimum Gasteiger partial charge on any atom is -0.383 e. The molecule has 0 aliphatic heterocycles. The Labute approximate surface area is 114 Å². The predicted octanol–water partition coefficient (Wildman–Crippen LogP) is 1.46. The van der Waals surface area contributed by atoms with Crippen molar-refractivity contribution in [1.82, 2.24) is 4.72 Å². The highest BCUT2D eigenvalue weighted by atomic mass is 32.2. The van der Waals surface area contributed by atoms with Gasteiger partial charge in [0.1, 0.15) is 0 Å². The van der Waals surface area contributed by atoms with Crippen molar-refractivity contribution in [2.24, 2.45) is 0 Å². The lowest BCUT2D eigenvalue weighted by molar-refractivity contribution is 0.173. The number of nitriles is 1. The van der Waals surface area contributed by atoms with E-state index in [0.29, 0.717) is 13.0 Å². The number of rotatable bonds is 7. The lowest BCUT2D eigenvalue weighted by Crippen LogP contribution is -2.37. The normalized spacial score (nSPS) is 12.9. The third-order valence-corrected chi connectivity index (χ3v) is 4.24. The molecule has 0 fully saturated rings. The van der Waals surface area contributed by atoms with Gasteiger partial charge in [0.25, 0.3) is 0 Å². The molecule has 0 radical (unpaired) electrons. The summed E-state index contributed by atoms with van der Waals surface area (Å²) < 4.78 is 31.8. The largest absolute Gasteiger partial charge is 0.383 e. The van der Waals surface area contributed by atoms with Crippen LogP contribution in [-0.2, 0) is 21.2 Å². The molecule has 1 aromatic carbocycles. The molecule has 0 aliphatic rings. The van der Waals surface area contributed by atoms with E-state index in [1.807, 2.05) is 13.0 Å². The first kappa shape index (κ1) is 15.6. The minimum absolute atomic E-state index is 0.198. The second kappa shape index (κ2) is 7.24. The number of nitrogens with one attached hydrogen (secondary N) is 1. The van der Waals surface area contributed by atoms with E-state index in [4.69, 9.17) is 10.00 Å². The van der Waals surface area contributed by atoms with Crippen LogP contribution in [0.15, 0.2) is 29.2 Å². The van der Waals surface area contributed by atoms with E-state index >= 15 is 0 Å². The smallest absolute Gasteiger partial charge is 0.240 e. The van der Waals surface area contributed by atoms with E-state index in [1.165, 1.54) is 19.2 Å². The maximum absolute atomic E-state index is 12.1. The number of benzene rings is 1. The van der Waals surface area contributed by atoms with Gasteiger partial charge in [-0.1, -0.05) is 19.1 Å². The fourth-order valence-electron chi connectivity index (χ4n) is 1.60. The number of hydrogen-bond donors (Lipinski definition) is 1. The van der Waals surface area contributed by atoms with Crippen molar-refractivity contribution >= 4 is 10.0 Å². The zero-order chi connectivity index (χ0) is 14.3. The summed E-state index contributed by atoms with van der Waals surface area (Å²) in [5, 5.41) is 8.56. The average molecular weight is 282 g/mol. The molecule has 0 bridgehead atoms. The zero-order valence-electron chi connectivity index (χ0n) is 11.1. The molecule has 1 rings (SSSR count). The molecule has 1 N–H and O–H groups in total. The lowest BCUT2D eigenvalue weighted by atomic mass is 10.2. The Morgan fingerprint density at radius 3 is 2.47 bits per heavy atom. The second-order valence-electron chi connectivity index (χ2n) is 4.16. The van der Waals surface area contributed by atoms with Crippen molar-refractivity contribution in [3.63, 3.8) is 0 Å². The van der Waals surface area contributed by atoms with Gasteiger partial charge in [-0.05, 0) is 24.1 Å². The second-order valence-corrected chi connectivity index (χ2v) is 5.87. The molecular weight excluding hydrogens is 264 g/mol. The van der Waals surface area contributed by atoms with Gasteiger partial charge in [-0.2, -0.15) is 5.26 Å². The van der Waals surface area contributed by atoms with Gasteiger partial charge >= 0.3 is 0 Å². The maximum Gasteiger partial charge on any atom is 0.240 e. The van der Waals surface area contributed by atoms with Crippen LogP contribution in [0.3, 0.4) is 0 Å². The Bertz CT molecular complexity index is 532. The van der Waals surface area contributed by atoms with Gasteiger partial charge in [0.15, 0.2) is 0 Å². The molecule has 19 heavy (non-hydrogen) atoms. The standard InChI is InChI=1S/C13H18N2O3S/c1-3-12(10-18-2)15-19(16,17)13-6-4-11(5-7-13)8-9-14/h4-7,12,15H,3,8,10H2,1-2H3. The summed E-state index contributed by atoms with van der Waals surface area (Å²) in [5.74, 6) is 0. The van der Waals surface area contributed by atoms with Gasteiger partial charge in [0.05, 0.1) is 24.0 Å². The number of nitrogens with zero attached hydrogens (tertiary/aromatic N) is 1. The lowest BCUT2D eigenvalue weighted by Gasteiger charge is -2.16. The van der Waals surface area contributed by atoms with Gasteiger partial charge in [-0.25, -0.2) is 13.1 Å². The van der Waals surface area contributed by atoms with Crippen LogP contribution in [0.4, 0.5) is 0 Å². The molecule has 0 aromatic heterocycles. The van der Waals surface area contributed by atoms with Crippen LogP contribution in [0.2, 0.25) is 0 Å². The van der Waals surface area contributed by atoms with Gasteiger partial charge in [0, 0.05) is 13.2 Å². The van der Waals surface area contributed by atoms with Gasteiger partial charge in [-0.3, -0.25) is 0 Å². The highest BCUT2D eigenvalue weighted by molar-refractivity contribution is 7.89. The first-order valence-corrected chi connectivity index (χ1v) is 7.49. The van der Waals surface area contributed by atoms with E-state index in [2.05, 4.69) is 4.72 Å². The van der Waals surface area contributed by atoms with Crippen molar-refractivity contribution in [1.29, 1.82) is 5.26 Å². The molecule has 0 amide bonds. The first-order chi connectivity index (χ1) is 9.03. The third-order valence-electron chi connectivity index (χ3n) is 2.70. The molecular formula is C13H18N2O3S. The van der Waals surface area contributed by atoms with Crippen LogP contribution in [0.25, 0.3) is 0 Å². The van der Waals surface area contributed by atoms with Gasteiger partial charge in [0.2, 0.25) is 10.0 Å². The summed E-state index contributed by atoms with van der Waals surface area (Å²) in [5.41, 5.74) is 0.797. The SMILES string of the molecule is CCC(COC)NS(=O)(=O)c1ccc(CC#N)cc1. The summed E-state index contributed by atoms with van der Waals surface area (Å²) >= 11 is 0. The number of sulfonamides is 1. The van der Waals surface area contributed by atoms with E-state index < -0.39 is 10.0 Å². The Morgan fingerprint density at radius 1 is 1.37 bits per heavy atom.